The molecule has 0 fully saturated rings. The average Bonchev–Trinajstić information content (AvgIpc) is 3.17. The number of thiophene rings is 1. The first kappa shape index (κ1) is 21.0. The second-order valence-electron chi connectivity index (χ2n) is 7.77. The van der Waals surface area contributed by atoms with Gasteiger partial charge in [-0.1, -0.05) is 48.5 Å². The van der Waals surface area contributed by atoms with Crippen LogP contribution in [0.3, 0.4) is 0 Å². The lowest BCUT2D eigenvalue weighted by molar-refractivity contribution is -0.137. The smallest absolute Gasteiger partial charge is 0.303 e. The average molecular weight is 433 g/mol. The molecule has 0 spiro atoms. The van der Waals surface area contributed by atoms with E-state index in [2.05, 4.69) is 26.0 Å². The van der Waals surface area contributed by atoms with Crippen molar-refractivity contribution < 1.29 is 9.90 Å². The fourth-order valence-corrected chi connectivity index (χ4v) is 4.68. The largest absolute Gasteiger partial charge is 0.481 e. The Morgan fingerprint density at radius 1 is 1.10 bits per heavy atom. The Labute approximate surface area is 184 Å². The maximum absolute atomic E-state index is 13.6. The van der Waals surface area contributed by atoms with E-state index < -0.39 is 5.97 Å². The molecule has 1 N–H and O–H groups in total. The van der Waals surface area contributed by atoms with Crippen molar-refractivity contribution >= 4 is 27.5 Å². The van der Waals surface area contributed by atoms with Crippen LogP contribution >= 0.6 is 11.3 Å². The number of carbonyl (C=O) groups is 1. The first-order valence-electron chi connectivity index (χ1n) is 10.3. The third kappa shape index (κ3) is 4.44. The van der Waals surface area contributed by atoms with Gasteiger partial charge in [0.05, 0.1) is 5.39 Å². The molecule has 2 aromatic carbocycles. The molecule has 0 unspecified atom stereocenters. The Morgan fingerprint density at radius 2 is 1.87 bits per heavy atom. The molecule has 0 atom stereocenters. The van der Waals surface area contributed by atoms with Crippen molar-refractivity contribution in [2.45, 2.75) is 39.7 Å². The number of carboxylic acid groups (broad SMARTS) is 1. The molecular formula is C25H24N2O3S. The highest BCUT2D eigenvalue weighted by molar-refractivity contribution is 7.17. The summed E-state index contributed by atoms with van der Waals surface area (Å²) in [5.41, 5.74) is 5.23. The number of benzene rings is 2. The molecule has 0 aliphatic carbocycles. The molecular weight excluding hydrogens is 408 g/mol. The van der Waals surface area contributed by atoms with Crippen molar-refractivity contribution in [3.63, 3.8) is 0 Å². The van der Waals surface area contributed by atoms with E-state index in [-0.39, 0.29) is 12.0 Å². The number of fused-ring (bicyclic) bond motifs is 1. The number of aryl methyl sites for hydroxylation is 2. The second kappa shape index (κ2) is 8.86. The van der Waals surface area contributed by atoms with Crippen LogP contribution in [-0.4, -0.2) is 20.6 Å². The molecule has 0 aliphatic heterocycles. The maximum atomic E-state index is 13.6. The van der Waals surface area contributed by atoms with E-state index in [4.69, 9.17) is 10.1 Å². The molecule has 0 bridgehead atoms. The zero-order chi connectivity index (χ0) is 22.0. The summed E-state index contributed by atoms with van der Waals surface area (Å²) in [4.78, 5) is 30.2. The van der Waals surface area contributed by atoms with Gasteiger partial charge in [-0.3, -0.25) is 14.2 Å². The Morgan fingerprint density at radius 3 is 2.58 bits per heavy atom. The van der Waals surface area contributed by atoms with Crippen LogP contribution in [-0.2, 0) is 17.8 Å². The van der Waals surface area contributed by atoms with Gasteiger partial charge in [-0.25, -0.2) is 4.98 Å². The summed E-state index contributed by atoms with van der Waals surface area (Å²) in [6.07, 6.45) is 0.923. The summed E-state index contributed by atoms with van der Waals surface area (Å²) in [6, 6.07) is 16.1. The number of carboxylic acids is 1. The predicted octanol–water partition coefficient (Wildman–Crippen LogP) is 5.20. The minimum absolute atomic E-state index is 0.0168. The van der Waals surface area contributed by atoms with E-state index in [1.54, 1.807) is 4.57 Å². The summed E-state index contributed by atoms with van der Waals surface area (Å²) in [5.74, 6) is -0.194. The van der Waals surface area contributed by atoms with Crippen LogP contribution in [0.1, 0.15) is 35.4 Å². The van der Waals surface area contributed by atoms with Crippen LogP contribution in [0.2, 0.25) is 0 Å². The van der Waals surface area contributed by atoms with Crippen LogP contribution in [0.4, 0.5) is 0 Å². The van der Waals surface area contributed by atoms with Crippen LogP contribution in [0.15, 0.2) is 58.7 Å². The van der Waals surface area contributed by atoms with Gasteiger partial charge in [-0.15, -0.1) is 11.3 Å². The lowest BCUT2D eigenvalue weighted by Gasteiger charge is -2.13. The molecule has 2 aromatic heterocycles. The SMILES string of the molecule is Cc1ccc(-c2csc3nc(Cc4ccccc4)n(CCCC(=O)O)c(=O)c23)cc1C. The van der Waals surface area contributed by atoms with E-state index in [0.29, 0.717) is 30.6 Å². The van der Waals surface area contributed by atoms with Crippen molar-refractivity contribution in [3.05, 3.63) is 86.8 Å². The summed E-state index contributed by atoms with van der Waals surface area (Å²) in [6.45, 7) is 4.46. The van der Waals surface area contributed by atoms with E-state index in [9.17, 15) is 9.59 Å². The van der Waals surface area contributed by atoms with Crippen LogP contribution in [0.25, 0.3) is 21.3 Å². The minimum atomic E-state index is -0.863. The molecule has 4 aromatic rings. The van der Waals surface area contributed by atoms with Gasteiger partial charge in [0.25, 0.3) is 5.56 Å². The Hall–Kier alpha value is -3.25. The summed E-state index contributed by atoms with van der Waals surface area (Å²) >= 11 is 1.48. The number of aliphatic carboxylic acids is 1. The normalized spacial score (nSPS) is 11.2. The van der Waals surface area contributed by atoms with E-state index in [1.807, 2.05) is 41.8 Å². The third-order valence-electron chi connectivity index (χ3n) is 5.57. The molecule has 4 rings (SSSR count). The van der Waals surface area contributed by atoms with E-state index in [1.165, 1.54) is 22.5 Å². The molecule has 0 aliphatic rings. The van der Waals surface area contributed by atoms with Gasteiger partial charge in [-0.2, -0.15) is 0 Å². The number of aromatic nitrogens is 2. The Balaban J connectivity index is 1.84. The lowest BCUT2D eigenvalue weighted by Crippen LogP contribution is -2.26. The van der Waals surface area contributed by atoms with Crippen LogP contribution in [0, 0.1) is 13.8 Å². The Bertz CT molecular complexity index is 1310. The molecule has 6 heteroatoms. The molecule has 0 saturated carbocycles. The van der Waals surface area contributed by atoms with Crippen molar-refractivity contribution in [1.82, 2.24) is 9.55 Å². The Kier molecular flexibility index (Phi) is 6.00. The molecule has 0 amide bonds. The summed E-state index contributed by atoms with van der Waals surface area (Å²) in [5, 5.41) is 11.7. The highest BCUT2D eigenvalue weighted by atomic mass is 32.1. The number of hydrogen-bond acceptors (Lipinski definition) is 4. The molecule has 5 nitrogen and oxygen atoms in total. The van der Waals surface area contributed by atoms with Gasteiger partial charge < -0.3 is 5.11 Å². The fraction of sp³-hybridized carbons (Fsp3) is 0.240. The quantitative estimate of drug-likeness (QED) is 0.436. The van der Waals surface area contributed by atoms with Gasteiger partial charge >= 0.3 is 5.97 Å². The number of rotatable bonds is 7. The fourth-order valence-electron chi connectivity index (χ4n) is 3.72. The van der Waals surface area contributed by atoms with Crippen molar-refractivity contribution in [2.75, 3.05) is 0 Å². The monoisotopic (exact) mass is 432 g/mol. The van der Waals surface area contributed by atoms with Crippen molar-refractivity contribution in [1.29, 1.82) is 0 Å². The molecule has 0 radical (unpaired) electrons. The molecule has 158 valence electrons. The first-order valence-corrected chi connectivity index (χ1v) is 11.2. The van der Waals surface area contributed by atoms with Gasteiger partial charge in [0.1, 0.15) is 10.7 Å². The zero-order valence-corrected chi connectivity index (χ0v) is 18.4. The van der Waals surface area contributed by atoms with Crippen molar-refractivity contribution in [2.24, 2.45) is 0 Å². The molecule has 2 heterocycles. The lowest BCUT2D eigenvalue weighted by atomic mass is 10.0. The van der Waals surface area contributed by atoms with Gasteiger partial charge in [0.2, 0.25) is 0 Å². The molecule has 0 saturated heterocycles. The molecule has 31 heavy (non-hydrogen) atoms. The van der Waals surface area contributed by atoms with Gasteiger partial charge in [0, 0.05) is 30.3 Å². The van der Waals surface area contributed by atoms with E-state index >= 15 is 0 Å². The third-order valence-corrected chi connectivity index (χ3v) is 6.44. The number of hydrogen-bond donors (Lipinski definition) is 1. The standard InChI is InChI=1S/C25H24N2O3S/c1-16-10-11-19(13-17(16)2)20-15-31-24-23(20)25(30)27(12-6-9-22(28)29)21(26-24)14-18-7-4-3-5-8-18/h3-5,7-8,10-11,13,15H,6,9,12,14H2,1-2H3,(H,28,29). The minimum Gasteiger partial charge on any atom is -0.481 e. The van der Waals surface area contributed by atoms with Crippen LogP contribution < -0.4 is 5.56 Å². The summed E-state index contributed by atoms with van der Waals surface area (Å²) in [7, 11) is 0. The maximum Gasteiger partial charge on any atom is 0.303 e. The predicted molar refractivity (Wildman–Crippen MR) is 125 cm³/mol. The topological polar surface area (TPSA) is 72.2 Å². The highest BCUT2D eigenvalue weighted by Crippen LogP contribution is 2.32. The van der Waals surface area contributed by atoms with E-state index in [0.717, 1.165) is 21.5 Å². The van der Waals surface area contributed by atoms with Crippen molar-refractivity contribution in [3.8, 4) is 11.1 Å². The van der Waals surface area contributed by atoms with Gasteiger partial charge in [-0.05, 0) is 42.5 Å². The second-order valence-corrected chi connectivity index (χ2v) is 8.63. The van der Waals surface area contributed by atoms with Gasteiger partial charge in [0.15, 0.2) is 0 Å². The highest BCUT2D eigenvalue weighted by Gasteiger charge is 2.18. The number of nitrogens with zero attached hydrogens (tertiary/aromatic N) is 2. The summed E-state index contributed by atoms with van der Waals surface area (Å²) < 4.78 is 1.66. The zero-order valence-electron chi connectivity index (χ0n) is 17.6. The van der Waals surface area contributed by atoms with Crippen LogP contribution in [0.5, 0.6) is 0 Å². The first-order chi connectivity index (χ1) is 14.9.